The zero-order chi connectivity index (χ0) is 20.8. The number of aromatic nitrogens is 4. The van der Waals surface area contributed by atoms with Crippen LogP contribution in [0.15, 0.2) is 35.1 Å². The average Bonchev–Trinajstić information content (AvgIpc) is 3.35. The summed E-state index contributed by atoms with van der Waals surface area (Å²) in [4.78, 5) is 33.3. The van der Waals surface area contributed by atoms with E-state index in [1.807, 2.05) is 43.0 Å². The van der Waals surface area contributed by atoms with Crippen LogP contribution in [-0.4, -0.2) is 31.8 Å². The van der Waals surface area contributed by atoms with Gasteiger partial charge in [0, 0.05) is 23.5 Å². The van der Waals surface area contributed by atoms with Gasteiger partial charge in [-0.2, -0.15) is 5.10 Å². The van der Waals surface area contributed by atoms with Gasteiger partial charge >= 0.3 is 0 Å². The molecule has 0 unspecified atom stereocenters. The van der Waals surface area contributed by atoms with E-state index in [1.165, 1.54) is 10.1 Å². The van der Waals surface area contributed by atoms with Crippen molar-refractivity contribution in [3.05, 3.63) is 68.9 Å². The zero-order valence-electron chi connectivity index (χ0n) is 17.4. The third-order valence-electron chi connectivity index (χ3n) is 6.07. The fourth-order valence-corrected chi connectivity index (χ4v) is 4.67. The van der Waals surface area contributed by atoms with Crippen LogP contribution in [0.2, 0.25) is 0 Å². The van der Waals surface area contributed by atoms with E-state index in [9.17, 15) is 9.59 Å². The maximum absolute atomic E-state index is 13.4. The lowest BCUT2D eigenvalue weighted by Crippen LogP contribution is -2.41. The minimum absolute atomic E-state index is 0.0405. The van der Waals surface area contributed by atoms with Crippen LogP contribution in [0.3, 0.4) is 0 Å². The number of hydrogen-bond donors (Lipinski definition) is 0. The Kier molecular flexibility index (Phi) is 4.53. The van der Waals surface area contributed by atoms with E-state index in [-0.39, 0.29) is 18.0 Å². The topological polar surface area (TPSA) is 73.0 Å². The highest BCUT2D eigenvalue weighted by atomic mass is 16.2. The van der Waals surface area contributed by atoms with E-state index in [0.29, 0.717) is 12.5 Å². The van der Waals surface area contributed by atoms with Crippen LogP contribution < -0.4 is 10.5 Å². The van der Waals surface area contributed by atoms with Crippen molar-refractivity contribution in [2.24, 2.45) is 0 Å². The highest BCUT2D eigenvalue weighted by Crippen LogP contribution is 2.27. The molecule has 1 aliphatic heterocycles. The fourth-order valence-electron chi connectivity index (χ4n) is 4.67. The van der Waals surface area contributed by atoms with Crippen molar-refractivity contribution in [3.8, 4) is 5.95 Å². The van der Waals surface area contributed by atoms with Gasteiger partial charge in [0.2, 0.25) is 11.9 Å². The molecule has 2 aromatic heterocycles. The first-order valence-electron chi connectivity index (χ1n) is 10.6. The van der Waals surface area contributed by atoms with Crippen molar-refractivity contribution in [1.29, 1.82) is 0 Å². The number of fused-ring (bicyclic) bond motifs is 2. The number of carbonyl (C=O) groups is 1. The molecule has 0 fully saturated rings. The highest BCUT2D eigenvalue weighted by Gasteiger charge is 2.27. The predicted octanol–water partition coefficient (Wildman–Crippen LogP) is 2.51. The molecule has 3 heterocycles. The number of para-hydroxylation sites is 1. The van der Waals surface area contributed by atoms with E-state index < -0.39 is 0 Å². The van der Waals surface area contributed by atoms with Crippen LogP contribution in [0.5, 0.6) is 0 Å². The average molecular weight is 403 g/mol. The third-order valence-corrected chi connectivity index (χ3v) is 6.07. The summed E-state index contributed by atoms with van der Waals surface area (Å²) in [6.45, 7) is 4.47. The number of aryl methyl sites for hydroxylation is 4. The van der Waals surface area contributed by atoms with Crippen molar-refractivity contribution in [3.63, 3.8) is 0 Å². The molecule has 30 heavy (non-hydrogen) atoms. The summed E-state index contributed by atoms with van der Waals surface area (Å²) in [7, 11) is 0. The van der Waals surface area contributed by atoms with Crippen LogP contribution in [0.1, 0.15) is 41.1 Å². The SMILES string of the molecule is Cc1cc(C)n(-c2nc3c(c(=O)n2CC(=O)N2CCCc4ccccc42)CCC3)n1. The number of hydrogen-bond acceptors (Lipinski definition) is 4. The lowest BCUT2D eigenvalue weighted by molar-refractivity contribution is -0.119. The minimum Gasteiger partial charge on any atom is -0.311 e. The summed E-state index contributed by atoms with van der Waals surface area (Å²) in [5.41, 5.74) is 5.34. The molecule has 0 N–H and O–H groups in total. The van der Waals surface area contributed by atoms with Crippen molar-refractivity contribution in [1.82, 2.24) is 19.3 Å². The van der Waals surface area contributed by atoms with Gasteiger partial charge in [-0.05, 0) is 63.6 Å². The molecule has 0 saturated carbocycles. The Morgan fingerprint density at radius 2 is 1.93 bits per heavy atom. The maximum atomic E-state index is 13.4. The van der Waals surface area contributed by atoms with E-state index >= 15 is 0 Å². The lowest BCUT2D eigenvalue weighted by Gasteiger charge is -2.30. The Bertz CT molecular complexity index is 1210. The van der Waals surface area contributed by atoms with E-state index in [0.717, 1.165) is 60.4 Å². The van der Waals surface area contributed by atoms with E-state index in [4.69, 9.17) is 4.98 Å². The molecule has 7 heteroatoms. The van der Waals surface area contributed by atoms with Crippen LogP contribution in [0, 0.1) is 13.8 Å². The first-order chi connectivity index (χ1) is 14.5. The van der Waals surface area contributed by atoms with Gasteiger partial charge in [-0.25, -0.2) is 9.67 Å². The second-order valence-corrected chi connectivity index (χ2v) is 8.20. The smallest absolute Gasteiger partial charge is 0.258 e. The minimum atomic E-state index is -0.112. The number of carbonyl (C=O) groups excluding carboxylic acids is 1. The number of nitrogens with zero attached hydrogens (tertiary/aromatic N) is 5. The number of benzene rings is 1. The molecule has 154 valence electrons. The standard InChI is InChI=1S/C23H25N5O2/c1-15-13-16(2)28(25-15)23-24-19-10-5-9-18(19)22(30)27(23)14-21(29)26-12-6-8-17-7-3-4-11-20(17)26/h3-4,7,11,13H,5-6,8-10,12,14H2,1-2H3. The quantitative estimate of drug-likeness (QED) is 0.674. The Balaban J connectivity index is 1.59. The summed E-state index contributed by atoms with van der Waals surface area (Å²) < 4.78 is 3.20. The van der Waals surface area contributed by atoms with Gasteiger partial charge in [-0.1, -0.05) is 18.2 Å². The second kappa shape index (κ2) is 7.23. The van der Waals surface area contributed by atoms with Crippen LogP contribution in [-0.2, 0) is 30.6 Å². The van der Waals surface area contributed by atoms with Gasteiger partial charge in [0.05, 0.1) is 11.4 Å². The first-order valence-corrected chi connectivity index (χ1v) is 10.6. The summed E-state index contributed by atoms with van der Waals surface area (Å²) >= 11 is 0. The normalized spacial score (nSPS) is 15.2. The molecule has 1 amide bonds. The molecule has 1 aliphatic carbocycles. The van der Waals surface area contributed by atoms with Crippen molar-refractivity contribution in [2.75, 3.05) is 11.4 Å². The maximum Gasteiger partial charge on any atom is 0.258 e. The molecule has 2 aliphatic rings. The first kappa shape index (κ1) is 18.8. The van der Waals surface area contributed by atoms with Gasteiger partial charge in [0.15, 0.2) is 0 Å². The van der Waals surface area contributed by atoms with Crippen LogP contribution >= 0.6 is 0 Å². The monoisotopic (exact) mass is 403 g/mol. The van der Waals surface area contributed by atoms with Gasteiger partial charge in [-0.3, -0.25) is 14.2 Å². The molecule has 3 aromatic rings. The number of rotatable bonds is 3. The molecule has 1 aromatic carbocycles. The lowest BCUT2D eigenvalue weighted by atomic mass is 10.0. The summed E-state index contributed by atoms with van der Waals surface area (Å²) in [6, 6.07) is 9.96. The molecule has 0 bridgehead atoms. The van der Waals surface area contributed by atoms with Crippen LogP contribution in [0.25, 0.3) is 5.95 Å². The highest BCUT2D eigenvalue weighted by molar-refractivity contribution is 5.94. The Labute approximate surface area is 175 Å². The zero-order valence-corrected chi connectivity index (χ0v) is 17.4. The fraction of sp³-hybridized carbons (Fsp3) is 0.391. The Morgan fingerprint density at radius 1 is 1.10 bits per heavy atom. The summed E-state index contributed by atoms with van der Waals surface area (Å²) in [6.07, 6.45) is 4.33. The van der Waals surface area contributed by atoms with E-state index in [2.05, 4.69) is 11.2 Å². The molecule has 0 atom stereocenters. The predicted molar refractivity (Wildman–Crippen MR) is 114 cm³/mol. The Hall–Kier alpha value is -3.22. The third kappa shape index (κ3) is 3.05. The molecule has 0 saturated heterocycles. The van der Waals surface area contributed by atoms with Crippen LogP contribution in [0.4, 0.5) is 5.69 Å². The van der Waals surface area contributed by atoms with Crippen molar-refractivity contribution >= 4 is 11.6 Å². The molecular weight excluding hydrogens is 378 g/mol. The summed E-state index contributed by atoms with van der Waals surface area (Å²) in [5.74, 6) is 0.344. The second-order valence-electron chi connectivity index (χ2n) is 8.20. The number of anilines is 1. The van der Waals surface area contributed by atoms with E-state index in [1.54, 1.807) is 4.68 Å². The molecule has 5 rings (SSSR count). The van der Waals surface area contributed by atoms with Gasteiger partial charge in [0.1, 0.15) is 6.54 Å². The summed E-state index contributed by atoms with van der Waals surface area (Å²) in [5, 5.41) is 4.53. The van der Waals surface area contributed by atoms with Gasteiger partial charge in [-0.15, -0.1) is 0 Å². The largest absolute Gasteiger partial charge is 0.311 e. The number of amides is 1. The molecular formula is C23H25N5O2. The van der Waals surface area contributed by atoms with Gasteiger partial charge in [0.25, 0.3) is 5.56 Å². The van der Waals surface area contributed by atoms with Crippen molar-refractivity contribution in [2.45, 2.75) is 52.5 Å². The van der Waals surface area contributed by atoms with Gasteiger partial charge < -0.3 is 4.90 Å². The molecule has 7 nitrogen and oxygen atoms in total. The molecule has 0 radical (unpaired) electrons. The molecule has 0 spiro atoms. The Morgan fingerprint density at radius 3 is 2.73 bits per heavy atom. The van der Waals surface area contributed by atoms with Crippen molar-refractivity contribution < 1.29 is 4.79 Å².